The van der Waals surface area contributed by atoms with Crippen molar-refractivity contribution >= 4 is 67.9 Å². The average Bonchev–Trinajstić information content (AvgIpc) is 2.68. The van der Waals surface area contributed by atoms with Gasteiger partial charge in [-0.3, -0.25) is 24.6 Å². The van der Waals surface area contributed by atoms with Crippen molar-refractivity contribution in [3.05, 3.63) is 43.3 Å². The lowest BCUT2D eigenvalue weighted by molar-refractivity contribution is -0.385. The number of thioether (sulfide) groups is 1. The maximum atomic E-state index is 12.1. The standard InChI is InChI=1S/C12H7BrN2O5S2/c13-7-2-1-6(3-8(7)15(19)20)4-9-11(18)14(5-10(16)17)12(21)22-9/h1-4H,5H2,(H,16,17)/b9-4+. The van der Waals surface area contributed by atoms with Gasteiger partial charge in [0.1, 0.15) is 10.9 Å². The lowest BCUT2D eigenvalue weighted by Gasteiger charge is -2.10. The lowest BCUT2D eigenvalue weighted by atomic mass is 10.2. The van der Waals surface area contributed by atoms with Gasteiger partial charge in [0.15, 0.2) is 0 Å². The minimum Gasteiger partial charge on any atom is -0.480 e. The van der Waals surface area contributed by atoms with Gasteiger partial charge in [-0.1, -0.05) is 30.0 Å². The number of nitro benzene ring substituents is 1. The molecular formula is C12H7BrN2O5S2. The van der Waals surface area contributed by atoms with Crippen LogP contribution >= 0.6 is 39.9 Å². The van der Waals surface area contributed by atoms with Crippen molar-refractivity contribution in [3.63, 3.8) is 0 Å². The van der Waals surface area contributed by atoms with Crippen molar-refractivity contribution in [2.24, 2.45) is 0 Å². The predicted octanol–water partition coefficient (Wildman–Crippen LogP) is 2.64. The zero-order valence-corrected chi connectivity index (χ0v) is 13.9. The molecule has 7 nitrogen and oxygen atoms in total. The van der Waals surface area contributed by atoms with Crippen molar-refractivity contribution in [2.75, 3.05) is 6.54 Å². The van der Waals surface area contributed by atoms with Gasteiger partial charge in [0.2, 0.25) is 0 Å². The fourth-order valence-corrected chi connectivity index (χ4v) is 3.33. The molecule has 0 atom stereocenters. The minimum absolute atomic E-state index is 0.130. The largest absolute Gasteiger partial charge is 0.480 e. The van der Waals surface area contributed by atoms with Gasteiger partial charge in [0.25, 0.3) is 11.6 Å². The molecular weight excluding hydrogens is 396 g/mol. The molecule has 0 radical (unpaired) electrons. The number of nitrogens with zero attached hydrogens (tertiary/aromatic N) is 2. The Morgan fingerprint density at radius 2 is 2.23 bits per heavy atom. The highest BCUT2D eigenvalue weighted by molar-refractivity contribution is 9.10. The first kappa shape index (κ1) is 16.6. The van der Waals surface area contributed by atoms with Gasteiger partial charge in [-0.05, 0) is 33.6 Å². The Labute approximate surface area is 142 Å². The third-order valence-corrected chi connectivity index (χ3v) is 4.68. The van der Waals surface area contributed by atoms with E-state index in [1.165, 1.54) is 18.2 Å². The quantitative estimate of drug-likeness (QED) is 0.357. The molecule has 0 aromatic heterocycles. The Balaban J connectivity index is 2.33. The SMILES string of the molecule is O=C(O)CN1C(=O)/C(=C\c2ccc(Br)c([N+](=O)[O-])c2)SC1=S. The van der Waals surface area contributed by atoms with Gasteiger partial charge >= 0.3 is 5.97 Å². The number of hydrogen-bond acceptors (Lipinski definition) is 6. The van der Waals surface area contributed by atoms with Crippen molar-refractivity contribution in [3.8, 4) is 0 Å². The molecule has 1 fully saturated rings. The molecule has 114 valence electrons. The molecule has 2 rings (SSSR count). The number of benzene rings is 1. The number of rotatable bonds is 4. The van der Waals surface area contributed by atoms with Crippen molar-refractivity contribution in [1.82, 2.24) is 4.90 Å². The van der Waals surface area contributed by atoms with Crippen LogP contribution in [-0.4, -0.2) is 37.7 Å². The highest BCUT2D eigenvalue weighted by Crippen LogP contribution is 2.33. The first-order valence-corrected chi connectivity index (χ1v) is 7.72. The molecule has 1 aliphatic rings. The second kappa shape index (κ2) is 6.55. The Morgan fingerprint density at radius 1 is 1.55 bits per heavy atom. The van der Waals surface area contributed by atoms with Crippen LogP contribution in [0.25, 0.3) is 6.08 Å². The van der Waals surface area contributed by atoms with Crippen LogP contribution in [0.15, 0.2) is 27.6 Å². The Bertz CT molecular complexity index is 734. The Hall–Kier alpha value is -1.78. The van der Waals surface area contributed by atoms with Crippen LogP contribution < -0.4 is 0 Å². The zero-order chi connectivity index (χ0) is 16.4. The van der Waals surface area contributed by atoms with E-state index in [1.54, 1.807) is 6.07 Å². The molecule has 1 saturated heterocycles. The number of thiocarbonyl (C=S) groups is 1. The molecule has 0 bridgehead atoms. The zero-order valence-electron chi connectivity index (χ0n) is 10.7. The smallest absolute Gasteiger partial charge is 0.323 e. The third kappa shape index (κ3) is 3.51. The lowest BCUT2D eigenvalue weighted by Crippen LogP contribution is -2.33. The number of aliphatic carboxylic acids is 1. The molecule has 22 heavy (non-hydrogen) atoms. The molecule has 1 aromatic rings. The Morgan fingerprint density at radius 3 is 2.82 bits per heavy atom. The maximum absolute atomic E-state index is 12.1. The summed E-state index contributed by atoms with van der Waals surface area (Å²) in [6.45, 7) is -0.511. The van der Waals surface area contributed by atoms with Gasteiger partial charge in [-0.25, -0.2) is 0 Å². The molecule has 1 aliphatic heterocycles. The van der Waals surface area contributed by atoms with Gasteiger partial charge in [-0.2, -0.15) is 0 Å². The molecule has 10 heteroatoms. The van der Waals surface area contributed by atoms with Crippen LogP contribution in [0.2, 0.25) is 0 Å². The molecule has 0 saturated carbocycles. The number of carboxylic acids is 1. The molecule has 0 unspecified atom stereocenters. The second-order valence-corrected chi connectivity index (χ2v) is 6.66. The predicted molar refractivity (Wildman–Crippen MR) is 88.3 cm³/mol. The summed E-state index contributed by atoms with van der Waals surface area (Å²) in [7, 11) is 0. The van der Waals surface area contributed by atoms with Gasteiger partial charge in [0, 0.05) is 6.07 Å². The summed E-state index contributed by atoms with van der Waals surface area (Å²) in [5, 5.41) is 19.6. The summed E-state index contributed by atoms with van der Waals surface area (Å²) >= 11 is 9.00. The first-order chi connectivity index (χ1) is 10.3. The molecule has 0 aliphatic carbocycles. The average molecular weight is 403 g/mol. The highest BCUT2D eigenvalue weighted by atomic mass is 79.9. The summed E-state index contributed by atoms with van der Waals surface area (Å²) < 4.78 is 0.471. The minimum atomic E-state index is -1.17. The summed E-state index contributed by atoms with van der Waals surface area (Å²) in [6, 6.07) is 4.41. The van der Waals surface area contributed by atoms with Crippen LogP contribution in [0.1, 0.15) is 5.56 Å². The van der Waals surface area contributed by atoms with E-state index in [0.29, 0.717) is 10.0 Å². The number of nitro groups is 1. The number of hydrogen-bond donors (Lipinski definition) is 1. The van der Waals surface area contributed by atoms with Crippen LogP contribution in [0.3, 0.4) is 0 Å². The van der Waals surface area contributed by atoms with E-state index in [2.05, 4.69) is 15.9 Å². The van der Waals surface area contributed by atoms with E-state index in [-0.39, 0.29) is 14.9 Å². The van der Waals surface area contributed by atoms with E-state index in [1.807, 2.05) is 0 Å². The topological polar surface area (TPSA) is 101 Å². The van der Waals surface area contributed by atoms with Crippen LogP contribution in [0.5, 0.6) is 0 Å². The molecule has 0 spiro atoms. The first-order valence-electron chi connectivity index (χ1n) is 5.70. The van der Waals surface area contributed by atoms with Gasteiger partial charge < -0.3 is 5.11 Å². The number of halogens is 1. The van der Waals surface area contributed by atoms with E-state index in [9.17, 15) is 19.7 Å². The molecule has 1 N–H and O–H groups in total. The van der Waals surface area contributed by atoms with E-state index < -0.39 is 23.3 Å². The van der Waals surface area contributed by atoms with Crippen LogP contribution in [-0.2, 0) is 9.59 Å². The summed E-state index contributed by atoms with van der Waals surface area (Å²) in [5.41, 5.74) is 0.320. The van der Waals surface area contributed by atoms with Crippen molar-refractivity contribution in [2.45, 2.75) is 0 Å². The molecule has 1 heterocycles. The number of amides is 1. The van der Waals surface area contributed by atoms with E-state index >= 15 is 0 Å². The number of carboxylic acid groups (broad SMARTS) is 1. The monoisotopic (exact) mass is 402 g/mol. The number of carbonyl (C=O) groups is 2. The third-order valence-electron chi connectivity index (χ3n) is 2.63. The molecule has 1 aromatic carbocycles. The van der Waals surface area contributed by atoms with Crippen LogP contribution in [0.4, 0.5) is 5.69 Å². The van der Waals surface area contributed by atoms with E-state index in [0.717, 1.165) is 16.7 Å². The van der Waals surface area contributed by atoms with Gasteiger partial charge in [0.05, 0.1) is 14.3 Å². The van der Waals surface area contributed by atoms with E-state index in [4.69, 9.17) is 17.3 Å². The fourth-order valence-electron chi connectivity index (χ4n) is 1.68. The Kier molecular flexibility index (Phi) is 4.94. The highest BCUT2D eigenvalue weighted by Gasteiger charge is 2.33. The van der Waals surface area contributed by atoms with Crippen molar-refractivity contribution < 1.29 is 19.6 Å². The maximum Gasteiger partial charge on any atom is 0.323 e. The summed E-state index contributed by atoms with van der Waals surface area (Å²) in [6.07, 6.45) is 1.45. The summed E-state index contributed by atoms with van der Waals surface area (Å²) in [4.78, 5) is 34.3. The normalized spacial score (nSPS) is 16.4. The fraction of sp³-hybridized carbons (Fsp3) is 0.0833. The van der Waals surface area contributed by atoms with Crippen molar-refractivity contribution in [1.29, 1.82) is 0 Å². The van der Waals surface area contributed by atoms with Gasteiger partial charge in [-0.15, -0.1) is 0 Å². The van der Waals surface area contributed by atoms with Crippen LogP contribution in [0, 0.1) is 10.1 Å². The second-order valence-electron chi connectivity index (χ2n) is 4.13. The summed E-state index contributed by atoms with van der Waals surface area (Å²) in [5.74, 6) is -1.69. The molecule has 1 amide bonds. The number of carbonyl (C=O) groups excluding carboxylic acids is 1.